The van der Waals surface area contributed by atoms with E-state index in [2.05, 4.69) is 11.9 Å². The van der Waals surface area contributed by atoms with Crippen molar-refractivity contribution in [3.63, 3.8) is 0 Å². The Balaban J connectivity index is 2.40. The summed E-state index contributed by atoms with van der Waals surface area (Å²) in [6.07, 6.45) is 1.49. The Kier molecular flexibility index (Phi) is 5.70. The van der Waals surface area contributed by atoms with Crippen LogP contribution in [0.5, 0.6) is 0 Å². The molecule has 0 saturated heterocycles. The number of rotatable bonds is 7. The first-order valence-electron chi connectivity index (χ1n) is 7.16. The number of hydrogen-bond acceptors (Lipinski definition) is 3. The molecular weight excluding hydrogens is 331 g/mol. The van der Waals surface area contributed by atoms with Gasteiger partial charge in [0.05, 0.1) is 10.6 Å². The molecule has 0 spiro atoms. The maximum atomic E-state index is 13.1. The number of halogens is 1. The van der Waals surface area contributed by atoms with Crippen molar-refractivity contribution in [1.82, 2.24) is 5.32 Å². The summed E-state index contributed by atoms with van der Waals surface area (Å²) in [6.45, 7) is 3.29. The van der Waals surface area contributed by atoms with Crippen LogP contribution in [0.1, 0.15) is 0 Å². The standard InChI is InChI=1S/C17H17FN2O3S/c1-2-12-19-17(21)13-20(15-10-8-14(18)9-11-15)24(22,23)16-6-4-3-5-7-16/h2-11H,1,12-13H2,(H,19,21). The fraction of sp³-hybridized carbons (Fsp3) is 0.118. The average molecular weight is 348 g/mol. The van der Waals surface area contributed by atoms with Crippen molar-refractivity contribution in [3.8, 4) is 0 Å². The smallest absolute Gasteiger partial charge is 0.264 e. The fourth-order valence-corrected chi connectivity index (χ4v) is 3.46. The molecule has 0 atom stereocenters. The number of hydrogen-bond donors (Lipinski definition) is 1. The van der Waals surface area contributed by atoms with E-state index < -0.39 is 28.3 Å². The second-order valence-corrected chi connectivity index (χ2v) is 6.76. The van der Waals surface area contributed by atoms with Crippen LogP contribution in [0.2, 0.25) is 0 Å². The van der Waals surface area contributed by atoms with Gasteiger partial charge in [-0.3, -0.25) is 9.10 Å². The molecule has 126 valence electrons. The van der Waals surface area contributed by atoms with E-state index in [-0.39, 0.29) is 17.1 Å². The Morgan fingerprint density at radius 2 is 1.75 bits per heavy atom. The van der Waals surface area contributed by atoms with E-state index in [1.54, 1.807) is 18.2 Å². The lowest BCUT2D eigenvalue weighted by Crippen LogP contribution is -2.40. The second-order valence-electron chi connectivity index (χ2n) is 4.89. The van der Waals surface area contributed by atoms with Gasteiger partial charge in [-0.2, -0.15) is 0 Å². The maximum absolute atomic E-state index is 13.1. The van der Waals surface area contributed by atoms with Gasteiger partial charge >= 0.3 is 0 Å². The van der Waals surface area contributed by atoms with Crippen LogP contribution in [0.4, 0.5) is 10.1 Å². The Labute approximate surface area is 140 Å². The Bertz CT molecular complexity index is 805. The molecule has 0 saturated carbocycles. The van der Waals surface area contributed by atoms with E-state index in [0.29, 0.717) is 0 Å². The molecule has 0 aliphatic carbocycles. The highest BCUT2D eigenvalue weighted by molar-refractivity contribution is 7.92. The van der Waals surface area contributed by atoms with Gasteiger partial charge in [0.15, 0.2) is 0 Å². The van der Waals surface area contributed by atoms with E-state index in [1.165, 1.54) is 30.3 Å². The zero-order valence-electron chi connectivity index (χ0n) is 12.9. The zero-order valence-corrected chi connectivity index (χ0v) is 13.7. The number of carbonyl (C=O) groups excluding carboxylic acids is 1. The maximum Gasteiger partial charge on any atom is 0.264 e. The molecule has 5 nitrogen and oxygen atoms in total. The summed E-state index contributed by atoms with van der Waals surface area (Å²) in [5.74, 6) is -0.981. The van der Waals surface area contributed by atoms with Crippen LogP contribution in [-0.4, -0.2) is 27.4 Å². The predicted octanol–water partition coefficient (Wildman–Crippen LogP) is 2.32. The van der Waals surface area contributed by atoms with Gasteiger partial charge in [0, 0.05) is 6.54 Å². The van der Waals surface area contributed by atoms with Gasteiger partial charge in [-0.25, -0.2) is 12.8 Å². The molecule has 24 heavy (non-hydrogen) atoms. The molecule has 0 aliphatic heterocycles. The third kappa shape index (κ3) is 4.20. The summed E-state index contributed by atoms with van der Waals surface area (Å²) in [5.41, 5.74) is 0.203. The summed E-state index contributed by atoms with van der Waals surface area (Å²) >= 11 is 0. The summed E-state index contributed by atoms with van der Waals surface area (Å²) in [6, 6.07) is 12.7. The van der Waals surface area contributed by atoms with E-state index in [1.807, 2.05) is 0 Å². The van der Waals surface area contributed by atoms with Crippen LogP contribution >= 0.6 is 0 Å². The minimum absolute atomic E-state index is 0.0471. The summed E-state index contributed by atoms with van der Waals surface area (Å²) in [7, 11) is -3.96. The van der Waals surface area contributed by atoms with Gasteiger partial charge in [0.25, 0.3) is 10.0 Å². The SMILES string of the molecule is C=CCNC(=O)CN(c1ccc(F)cc1)S(=O)(=O)c1ccccc1. The molecule has 1 N–H and O–H groups in total. The third-order valence-electron chi connectivity index (χ3n) is 3.18. The molecule has 2 aromatic carbocycles. The Morgan fingerprint density at radius 1 is 1.12 bits per heavy atom. The Morgan fingerprint density at radius 3 is 2.33 bits per heavy atom. The number of carbonyl (C=O) groups is 1. The van der Waals surface area contributed by atoms with Crippen molar-refractivity contribution in [2.45, 2.75) is 4.90 Å². The van der Waals surface area contributed by atoms with Gasteiger partial charge in [-0.1, -0.05) is 24.3 Å². The summed E-state index contributed by atoms with van der Waals surface area (Å²) in [4.78, 5) is 12.0. The Hall–Kier alpha value is -2.67. The highest BCUT2D eigenvalue weighted by Gasteiger charge is 2.26. The van der Waals surface area contributed by atoms with Crippen molar-refractivity contribution >= 4 is 21.6 Å². The quantitative estimate of drug-likeness (QED) is 0.781. The lowest BCUT2D eigenvalue weighted by atomic mass is 10.3. The van der Waals surface area contributed by atoms with Crippen LogP contribution < -0.4 is 9.62 Å². The van der Waals surface area contributed by atoms with Gasteiger partial charge in [0.1, 0.15) is 12.4 Å². The molecule has 2 rings (SSSR count). The predicted molar refractivity (Wildman–Crippen MR) is 90.6 cm³/mol. The molecule has 1 amide bonds. The second kappa shape index (κ2) is 7.74. The molecule has 0 aliphatic rings. The molecule has 7 heteroatoms. The molecule has 0 fully saturated rings. The lowest BCUT2D eigenvalue weighted by molar-refractivity contribution is -0.119. The molecule has 0 aromatic heterocycles. The van der Waals surface area contributed by atoms with Gasteiger partial charge in [0.2, 0.25) is 5.91 Å². The number of nitrogens with one attached hydrogen (secondary N) is 1. The molecule has 2 aromatic rings. The van der Waals surface area contributed by atoms with Crippen LogP contribution in [0.25, 0.3) is 0 Å². The topological polar surface area (TPSA) is 66.5 Å². The highest BCUT2D eigenvalue weighted by atomic mass is 32.2. The van der Waals surface area contributed by atoms with Crippen LogP contribution in [0, 0.1) is 5.82 Å². The largest absolute Gasteiger partial charge is 0.351 e. The molecule has 0 radical (unpaired) electrons. The highest BCUT2D eigenvalue weighted by Crippen LogP contribution is 2.23. The van der Waals surface area contributed by atoms with Gasteiger partial charge < -0.3 is 5.32 Å². The van der Waals surface area contributed by atoms with Crippen LogP contribution in [-0.2, 0) is 14.8 Å². The van der Waals surface area contributed by atoms with E-state index in [0.717, 1.165) is 16.4 Å². The van der Waals surface area contributed by atoms with E-state index in [9.17, 15) is 17.6 Å². The number of benzene rings is 2. The molecule has 0 heterocycles. The number of nitrogens with zero attached hydrogens (tertiary/aromatic N) is 1. The van der Waals surface area contributed by atoms with E-state index in [4.69, 9.17) is 0 Å². The fourth-order valence-electron chi connectivity index (χ4n) is 2.01. The van der Waals surface area contributed by atoms with Crippen molar-refractivity contribution in [2.75, 3.05) is 17.4 Å². The van der Waals surface area contributed by atoms with Crippen molar-refractivity contribution < 1.29 is 17.6 Å². The number of amides is 1. The first kappa shape index (κ1) is 17.7. The van der Waals surface area contributed by atoms with Crippen LogP contribution in [0.15, 0.2) is 72.1 Å². The van der Waals surface area contributed by atoms with Gasteiger partial charge in [-0.15, -0.1) is 6.58 Å². The van der Waals surface area contributed by atoms with Crippen molar-refractivity contribution in [3.05, 3.63) is 73.1 Å². The lowest BCUT2D eigenvalue weighted by Gasteiger charge is -2.24. The molecule has 0 bridgehead atoms. The van der Waals surface area contributed by atoms with E-state index >= 15 is 0 Å². The van der Waals surface area contributed by atoms with Crippen molar-refractivity contribution in [1.29, 1.82) is 0 Å². The monoisotopic (exact) mass is 348 g/mol. The van der Waals surface area contributed by atoms with Gasteiger partial charge in [-0.05, 0) is 36.4 Å². The first-order chi connectivity index (χ1) is 11.4. The third-order valence-corrected chi connectivity index (χ3v) is 4.96. The molecule has 0 unspecified atom stereocenters. The zero-order chi connectivity index (χ0) is 17.6. The first-order valence-corrected chi connectivity index (χ1v) is 8.60. The van der Waals surface area contributed by atoms with Crippen LogP contribution in [0.3, 0.4) is 0 Å². The summed E-state index contributed by atoms with van der Waals surface area (Å²) < 4.78 is 39.8. The van der Waals surface area contributed by atoms with Crippen molar-refractivity contribution in [2.24, 2.45) is 0 Å². The summed E-state index contributed by atoms with van der Waals surface area (Å²) in [5, 5.41) is 2.53. The minimum atomic E-state index is -3.96. The normalized spacial score (nSPS) is 10.9. The number of anilines is 1. The number of sulfonamides is 1. The average Bonchev–Trinajstić information content (AvgIpc) is 2.59. The molecular formula is C17H17FN2O3S. The minimum Gasteiger partial charge on any atom is -0.351 e.